The first-order valence-electron chi connectivity index (χ1n) is 12.0. The lowest BCUT2D eigenvalue weighted by Gasteiger charge is -2.13. The van der Waals surface area contributed by atoms with Crippen LogP contribution in [0.1, 0.15) is 22.3 Å². The van der Waals surface area contributed by atoms with E-state index in [1.165, 1.54) is 36.4 Å². The Labute approximate surface area is 241 Å². The summed E-state index contributed by atoms with van der Waals surface area (Å²) in [6.07, 6.45) is 5.83. The monoisotopic (exact) mass is 532 g/mol. The number of rotatable bonds is 2. The zero-order valence-electron chi connectivity index (χ0n) is 21.5. The van der Waals surface area contributed by atoms with Crippen molar-refractivity contribution in [2.75, 3.05) is 0 Å². The molecule has 0 aromatic heterocycles. The average Bonchev–Trinajstić information content (AvgIpc) is 3.37. The third-order valence-corrected chi connectivity index (χ3v) is 6.46. The maximum atomic E-state index is 10.3. The molecule has 2 aliphatic rings. The molecule has 0 aliphatic heterocycles. The van der Waals surface area contributed by atoms with Crippen molar-refractivity contribution in [3.8, 4) is 48.6 Å². The zero-order valence-corrected chi connectivity index (χ0v) is 21.5. The fraction of sp³-hybridized carbons (Fsp3) is 0. The van der Waals surface area contributed by atoms with Gasteiger partial charge in [-0.3, -0.25) is 0 Å². The highest BCUT2D eigenvalue weighted by atomic mass is 14.4. The highest BCUT2D eigenvalue weighted by Crippen LogP contribution is 2.46. The molecule has 2 aromatic rings. The van der Waals surface area contributed by atoms with Gasteiger partial charge in [-0.1, -0.05) is 42.5 Å². The van der Waals surface area contributed by atoms with Crippen LogP contribution in [0, 0.1) is 90.6 Å². The Morgan fingerprint density at radius 2 is 1.05 bits per heavy atom. The highest BCUT2D eigenvalue weighted by Gasteiger charge is 2.32. The van der Waals surface area contributed by atoms with E-state index >= 15 is 0 Å². The van der Waals surface area contributed by atoms with Gasteiger partial charge in [0, 0.05) is 27.9 Å². The fourth-order valence-corrected chi connectivity index (χ4v) is 4.70. The lowest BCUT2D eigenvalue weighted by atomic mass is 9.88. The molecule has 2 aromatic carbocycles. The summed E-state index contributed by atoms with van der Waals surface area (Å²) in [7, 11) is 0. The van der Waals surface area contributed by atoms with Gasteiger partial charge in [0.2, 0.25) is 0 Å². The van der Waals surface area contributed by atoms with Gasteiger partial charge in [0.15, 0.2) is 0 Å². The normalized spacial score (nSPS) is 16.7. The number of nitriles is 8. The second kappa shape index (κ2) is 11.9. The van der Waals surface area contributed by atoms with E-state index in [0.29, 0.717) is 22.3 Å². The highest BCUT2D eigenvalue weighted by molar-refractivity contribution is 6.00. The first-order chi connectivity index (χ1) is 20.5. The molecular weight excluding hydrogens is 520 g/mol. The molecule has 4 rings (SSSR count). The summed E-state index contributed by atoms with van der Waals surface area (Å²) in [6.45, 7) is 0. The van der Waals surface area contributed by atoms with E-state index < -0.39 is 0 Å². The predicted molar refractivity (Wildman–Crippen MR) is 149 cm³/mol. The van der Waals surface area contributed by atoms with Crippen LogP contribution in [0.4, 0.5) is 0 Å². The van der Waals surface area contributed by atoms with E-state index in [2.05, 4.69) is 12.1 Å². The van der Waals surface area contributed by atoms with Crippen molar-refractivity contribution in [1.82, 2.24) is 0 Å². The van der Waals surface area contributed by atoms with Crippen molar-refractivity contribution in [3.05, 3.63) is 140 Å². The van der Waals surface area contributed by atoms with Crippen LogP contribution in [0.25, 0.3) is 11.1 Å². The summed E-state index contributed by atoms with van der Waals surface area (Å²) in [5, 5.41) is 78.9. The van der Waals surface area contributed by atoms with Crippen LogP contribution in [0.2, 0.25) is 0 Å². The molecule has 8 heteroatoms. The van der Waals surface area contributed by atoms with Gasteiger partial charge < -0.3 is 0 Å². The van der Waals surface area contributed by atoms with Crippen LogP contribution >= 0.6 is 0 Å². The molecule has 8 nitrogen and oxygen atoms in total. The summed E-state index contributed by atoms with van der Waals surface area (Å²) < 4.78 is 0. The summed E-state index contributed by atoms with van der Waals surface area (Å²) in [5.74, 6) is 0. The van der Waals surface area contributed by atoms with Gasteiger partial charge in [-0.15, -0.1) is 0 Å². The Morgan fingerprint density at radius 3 is 1.55 bits per heavy atom. The van der Waals surface area contributed by atoms with Gasteiger partial charge >= 0.3 is 0 Å². The van der Waals surface area contributed by atoms with Crippen LogP contribution in [0.3, 0.4) is 0 Å². The van der Waals surface area contributed by atoms with Crippen LogP contribution in [-0.2, 0) is 0 Å². The molecule has 0 N–H and O–H groups in total. The van der Waals surface area contributed by atoms with Crippen LogP contribution < -0.4 is 0 Å². The second-order valence-electron chi connectivity index (χ2n) is 8.63. The second-order valence-corrected chi connectivity index (χ2v) is 8.63. The lowest BCUT2D eigenvalue weighted by molar-refractivity contribution is 1.41. The quantitative estimate of drug-likeness (QED) is 0.433. The molecule has 0 bridgehead atoms. The third kappa shape index (κ3) is 4.75. The molecule has 2 aliphatic carbocycles. The lowest BCUT2D eigenvalue weighted by Crippen LogP contribution is -1.98. The van der Waals surface area contributed by atoms with E-state index in [9.17, 15) is 42.1 Å². The van der Waals surface area contributed by atoms with E-state index in [1.54, 1.807) is 36.4 Å². The van der Waals surface area contributed by atoms with Gasteiger partial charge in [0.1, 0.15) is 41.5 Å². The number of allylic oxidation sites excluding steroid dienone is 14. The summed E-state index contributed by atoms with van der Waals surface area (Å²) >= 11 is 0. The van der Waals surface area contributed by atoms with E-state index in [1.807, 2.05) is 36.4 Å². The van der Waals surface area contributed by atoms with Gasteiger partial charge in [-0.05, 0) is 47.0 Å². The number of hydrogen-bond acceptors (Lipinski definition) is 8. The van der Waals surface area contributed by atoms with E-state index in [-0.39, 0.29) is 55.7 Å². The Hall–Kier alpha value is -7.46. The van der Waals surface area contributed by atoms with Crippen molar-refractivity contribution in [2.24, 2.45) is 0 Å². The number of hydrogen-bond donors (Lipinski definition) is 0. The molecule has 0 radical (unpaired) electrons. The Bertz CT molecular complexity index is 2120. The summed E-state index contributed by atoms with van der Waals surface area (Å²) in [4.78, 5) is 0. The predicted octanol–water partition coefficient (Wildman–Crippen LogP) is 5.81. The Balaban J connectivity index is 2.17. The Kier molecular flexibility index (Phi) is 7.84. The molecule has 0 unspecified atom stereocenters. The first kappa shape index (κ1) is 27.6. The van der Waals surface area contributed by atoms with Gasteiger partial charge in [0.05, 0.1) is 40.5 Å². The Morgan fingerprint density at radius 1 is 0.500 bits per heavy atom. The molecular formula is C34H12N8. The maximum absolute atomic E-state index is 10.3. The maximum Gasteiger partial charge on any atom is 0.138 e. The topological polar surface area (TPSA) is 190 Å². The molecule has 0 amide bonds. The SMILES string of the molecule is N#CC(C#N)=C1C2=C(/C=C/C(C#N)=C(/c3cccc(C#N)c3)C(=C(C#N)C#N)/C=C/2)C(C#N)=C1c1cccc(C#N)c1. The van der Waals surface area contributed by atoms with Crippen molar-refractivity contribution < 1.29 is 0 Å². The fourth-order valence-electron chi connectivity index (χ4n) is 4.70. The van der Waals surface area contributed by atoms with Crippen LogP contribution in [0.15, 0.2) is 117 Å². The molecule has 0 atom stereocenters. The van der Waals surface area contributed by atoms with Gasteiger partial charge in [-0.2, -0.15) is 42.1 Å². The third-order valence-electron chi connectivity index (χ3n) is 6.46. The van der Waals surface area contributed by atoms with Crippen molar-refractivity contribution in [2.45, 2.75) is 0 Å². The average molecular weight is 533 g/mol. The van der Waals surface area contributed by atoms with Crippen molar-refractivity contribution in [1.29, 1.82) is 42.1 Å². The molecule has 0 saturated heterocycles. The number of benzene rings is 2. The minimum absolute atomic E-state index is 0.0324. The van der Waals surface area contributed by atoms with Crippen LogP contribution in [0.5, 0.6) is 0 Å². The standard InChI is InChI=1S/C34H12N8/c35-13-21-3-1-5-23(11-21)32-25(15-37)7-8-29-30(10-9-28(32)26(16-38)17-39)34(27(18-40)19-41)33(31(29)20-42)24-6-2-4-22(12-24)14-36/h1-12H/b8-7+,10-9+,32-25+. The zero-order chi connectivity index (χ0) is 30.2. The van der Waals surface area contributed by atoms with E-state index in [0.717, 1.165) is 0 Å². The first-order valence-corrected chi connectivity index (χ1v) is 12.0. The molecule has 0 saturated carbocycles. The molecule has 0 heterocycles. The minimum Gasteiger partial charge on any atom is -0.192 e. The minimum atomic E-state index is -0.325. The van der Waals surface area contributed by atoms with E-state index in [4.69, 9.17) is 0 Å². The molecule has 0 spiro atoms. The molecule has 42 heavy (non-hydrogen) atoms. The van der Waals surface area contributed by atoms with Crippen LogP contribution in [-0.4, -0.2) is 0 Å². The number of nitrogens with zero attached hydrogens (tertiary/aromatic N) is 8. The molecule has 0 fully saturated rings. The van der Waals surface area contributed by atoms with Crippen molar-refractivity contribution in [3.63, 3.8) is 0 Å². The van der Waals surface area contributed by atoms with Crippen molar-refractivity contribution >= 4 is 11.1 Å². The van der Waals surface area contributed by atoms with Gasteiger partial charge in [0.25, 0.3) is 0 Å². The summed E-state index contributed by atoms with van der Waals surface area (Å²) in [6, 6.07) is 28.5. The smallest absolute Gasteiger partial charge is 0.138 e. The largest absolute Gasteiger partial charge is 0.192 e. The summed E-state index contributed by atoms with van der Waals surface area (Å²) in [5.41, 5.74) is 2.13. The molecule has 188 valence electrons. The van der Waals surface area contributed by atoms with Gasteiger partial charge in [-0.25, -0.2) is 0 Å².